The minimum Gasteiger partial charge on any atom is -0.480 e. The Morgan fingerprint density at radius 3 is 2.33 bits per heavy atom. The molecule has 0 aromatic rings. The number of rotatable bonds is 3. The molecule has 8 heteroatoms. The Labute approximate surface area is 126 Å². The minimum atomic E-state index is -3.76. The minimum absolute atomic E-state index is 0.182. The molecule has 0 saturated carbocycles. The summed E-state index contributed by atoms with van der Waals surface area (Å²) in [6, 6.07) is -0.953. The second-order valence-corrected chi connectivity index (χ2v) is 7.78. The number of aliphatic carboxylic acids is 1. The van der Waals surface area contributed by atoms with Gasteiger partial charge in [-0.3, -0.25) is 4.79 Å². The summed E-state index contributed by atoms with van der Waals surface area (Å²) < 4.78 is 33.8. The van der Waals surface area contributed by atoms with Crippen molar-refractivity contribution in [3.8, 4) is 0 Å². The summed E-state index contributed by atoms with van der Waals surface area (Å²) in [6.07, 6.45) is 2.34. The van der Waals surface area contributed by atoms with Gasteiger partial charge in [-0.15, -0.1) is 0 Å². The van der Waals surface area contributed by atoms with Crippen molar-refractivity contribution in [3.05, 3.63) is 0 Å². The highest BCUT2D eigenvalue weighted by Crippen LogP contribution is 2.24. The molecule has 0 aliphatic carbocycles. The number of morpholine rings is 1. The molecule has 2 heterocycles. The lowest BCUT2D eigenvalue weighted by molar-refractivity contribution is -0.141. The van der Waals surface area contributed by atoms with Crippen LogP contribution in [0.1, 0.15) is 39.5 Å². The van der Waals surface area contributed by atoms with Crippen molar-refractivity contribution in [3.63, 3.8) is 0 Å². The van der Waals surface area contributed by atoms with Crippen LogP contribution in [-0.2, 0) is 19.7 Å². The highest BCUT2D eigenvalue weighted by atomic mass is 32.2. The molecule has 0 amide bonds. The molecule has 122 valence electrons. The summed E-state index contributed by atoms with van der Waals surface area (Å²) in [5, 5.41) is 9.35. The maximum Gasteiger partial charge on any atom is 0.322 e. The molecule has 2 fully saturated rings. The van der Waals surface area contributed by atoms with Crippen LogP contribution in [0.4, 0.5) is 0 Å². The topological polar surface area (TPSA) is 87.2 Å². The number of hydrogen-bond donors (Lipinski definition) is 1. The molecular weight excluding hydrogens is 296 g/mol. The summed E-state index contributed by atoms with van der Waals surface area (Å²) in [7, 11) is -3.76. The summed E-state index contributed by atoms with van der Waals surface area (Å²) in [5.74, 6) is -1.06. The van der Waals surface area contributed by atoms with Gasteiger partial charge in [-0.25, -0.2) is 0 Å². The van der Waals surface area contributed by atoms with Crippen LogP contribution in [-0.4, -0.2) is 66.0 Å². The van der Waals surface area contributed by atoms with Crippen LogP contribution in [0.25, 0.3) is 0 Å². The van der Waals surface area contributed by atoms with Crippen LogP contribution in [0.15, 0.2) is 0 Å². The molecular formula is C13H24N2O5S. The van der Waals surface area contributed by atoms with Crippen LogP contribution in [0.3, 0.4) is 0 Å². The molecule has 2 rings (SSSR count). The van der Waals surface area contributed by atoms with E-state index in [2.05, 4.69) is 0 Å². The van der Waals surface area contributed by atoms with E-state index in [1.54, 1.807) is 0 Å². The monoisotopic (exact) mass is 320 g/mol. The Hall–Kier alpha value is -0.700. The predicted molar refractivity (Wildman–Crippen MR) is 77.1 cm³/mol. The fourth-order valence-electron chi connectivity index (χ4n) is 3.07. The van der Waals surface area contributed by atoms with Gasteiger partial charge in [0.15, 0.2) is 0 Å². The molecule has 3 atom stereocenters. The van der Waals surface area contributed by atoms with Gasteiger partial charge in [0.05, 0.1) is 12.2 Å². The Morgan fingerprint density at radius 1 is 1.14 bits per heavy atom. The smallest absolute Gasteiger partial charge is 0.322 e. The van der Waals surface area contributed by atoms with E-state index >= 15 is 0 Å². The zero-order chi connectivity index (χ0) is 15.6. The lowest BCUT2D eigenvalue weighted by atomic mass is 10.1. The first-order valence-corrected chi connectivity index (χ1v) is 8.87. The molecule has 1 N–H and O–H groups in total. The predicted octanol–water partition coefficient (Wildman–Crippen LogP) is 0.670. The number of ether oxygens (including phenoxy) is 1. The standard InChI is InChI=1S/C13H24N2O5S/c1-10-8-14(9-11(2)20-10)21(18,19)15-7-5-3-4-6-12(15)13(16)17/h10-12H,3-9H2,1-2H3,(H,16,17). The van der Waals surface area contributed by atoms with Gasteiger partial charge in [-0.05, 0) is 26.7 Å². The number of hydrogen-bond acceptors (Lipinski definition) is 4. The van der Waals surface area contributed by atoms with Crippen molar-refractivity contribution in [2.24, 2.45) is 0 Å². The van der Waals surface area contributed by atoms with E-state index < -0.39 is 22.2 Å². The maximum atomic E-state index is 12.8. The van der Waals surface area contributed by atoms with Crippen LogP contribution < -0.4 is 0 Å². The Bertz CT molecular complexity index is 471. The van der Waals surface area contributed by atoms with Crippen LogP contribution >= 0.6 is 0 Å². The number of carboxylic acids is 1. The Balaban J connectivity index is 2.24. The average molecular weight is 320 g/mol. The van der Waals surface area contributed by atoms with E-state index in [1.807, 2.05) is 13.8 Å². The Kier molecular flexibility index (Phi) is 5.24. The lowest BCUT2D eigenvalue weighted by Crippen LogP contribution is -2.56. The first kappa shape index (κ1) is 16.7. The van der Waals surface area contributed by atoms with Gasteiger partial charge < -0.3 is 9.84 Å². The van der Waals surface area contributed by atoms with Crippen molar-refractivity contribution in [1.29, 1.82) is 0 Å². The summed E-state index contributed by atoms with van der Waals surface area (Å²) in [6.45, 7) is 4.48. The van der Waals surface area contributed by atoms with Crippen molar-refractivity contribution in [2.45, 2.75) is 57.8 Å². The van der Waals surface area contributed by atoms with Gasteiger partial charge in [-0.2, -0.15) is 17.0 Å². The third-order valence-corrected chi connectivity index (χ3v) is 5.98. The fraction of sp³-hybridized carbons (Fsp3) is 0.923. The van der Waals surface area contributed by atoms with Gasteiger partial charge >= 0.3 is 5.97 Å². The molecule has 7 nitrogen and oxygen atoms in total. The van der Waals surface area contributed by atoms with E-state index in [0.717, 1.165) is 12.8 Å². The first-order valence-electron chi connectivity index (χ1n) is 7.47. The van der Waals surface area contributed by atoms with E-state index in [4.69, 9.17) is 4.74 Å². The van der Waals surface area contributed by atoms with E-state index in [0.29, 0.717) is 12.8 Å². The zero-order valence-electron chi connectivity index (χ0n) is 12.6. The zero-order valence-corrected chi connectivity index (χ0v) is 13.4. The van der Waals surface area contributed by atoms with E-state index in [-0.39, 0.29) is 31.8 Å². The molecule has 21 heavy (non-hydrogen) atoms. The normalized spacial score (nSPS) is 33.5. The SMILES string of the molecule is CC1CN(S(=O)(=O)N2CCCCCC2C(=O)O)CC(C)O1. The number of carboxylic acid groups (broad SMARTS) is 1. The quantitative estimate of drug-likeness (QED) is 0.826. The molecule has 3 unspecified atom stereocenters. The average Bonchev–Trinajstić information content (AvgIpc) is 2.63. The molecule has 0 aromatic heterocycles. The number of nitrogens with zero attached hydrogens (tertiary/aromatic N) is 2. The first-order chi connectivity index (χ1) is 9.82. The second kappa shape index (κ2) is 6.60. The van der Waals surface area contributed by atoms with Gasteiger partial charge in [0.2, 0.25) is 0 Å². The van der Waals surface area contributed by atoms with Crippen LogP contribution in [0.2, 0.25) is 0 Å². The highest BCUT2D eigenvalue weighted by Gasteiger charge is 2.41. The summed E-state index contributed by atoms with van der Waals surface area (Å²) >= 11 is 0. The molecule has 0 radical (unpaired) electrons. The van der Waals surface area contributed by atoms with Crippen molar-refractivity contribution >= 4 is 16.2 Å². The summed E-state index contributed by atoms with van der Waals surface area (Å²) in [4.78, 5) is 11.4. The third-order valence-electron chi connectivity index (χ3n) is 4.00. The van der Waals surface area contributed by atoms with Gasteiger partial charge in [0.1, 0.15) is 6.04 Å². The highest BCUT2D eigenvalue weighted by molar-refractivity contribution is 7.86. The van der Waals surface area contributed by atoms with Crippen molar-refractivity contribution < 1.29 is 23.1 Å². The van der Waals surface area contributed by atoms with Gasteiger partial charge in [0.25, 0.3) is 10.2 Å². The fourth-order valence-corrected chi connectivity index (χ4v) is 5.04. The van der Waals surface area contributed by atoms with Crippen LogP contribution in [0, 0.1) is 0 Å². The lowest BCUT2D eigenvalue weighted by Gasteiger charge is -2.38. The van der Waals surface area contributed by atoms with Gasteiger partial charge in [0, 0.05) is 19.6 Å². The molecule has 0 bridgehead atoms. The van der Waals surface area contributed by atoms with Crippen molar-refractivity contribution in [1.82, 2.24) is 8.61 Å². The molecule has 0 spiro atoms. The van der Waals surface area contributed by atoms with E-state index in [9.17, 15) is 18.3 Å². The third kappa shape index (κ3) is 3.74. The molecule has 0 aromatic carbocycles. The van der Waals surface area contributed by atoms with Crippen molar-refractivity contribution in [2.75, 3.05) is 19.6 Å². The molecule has 2 aliphatic rings. The second-order valence-electron chi connectivity index (χ2n) is 5.90. The Morgan fingerprint density at radius 2 is 1.76 bits per heavy atom. The maximum absolute atomic E-state index is 12.8. The van der Waals surface area contributed by atoms with Gasteiger partial charge in [-0.1, -0.05) is 12.8 Å². The molecule has 2 saturated heterocycles. The number of carbonyl (C=O) groups is 1. The largest absolute Gasteiger partial charge is 0.480 e. The van der Waals surface area contributed by atoms with Crippen LogP contribution in [0.5, 0.6) is 0 Å². The van der Waals surface area contributed by atoms with E-state index in [1.165, 1.54) is 8.61 Å². The molecule has 2 aliphatic heterocycles. The summed E-state index contributed by atoms with van der Waals surface area (Å²) in [5.41, 5.74) is 0.